The van der Waals surface area contributed by atoms with E-state index in [1.807, 2.05) is 0 Å². The fourth-order valence-corrected chi connectivity index (χ4v) is 3.51. The van der Waals surface area contributed by atoms with Crippen molar-refractivity contribution in [2.45, 2.75) is 63.3 Å². The van der Waals surface area contributed by atoms with Crippen LogP contribution < -0.4 is 11.1 Å². The Balaban J connectivity index is 1.91. The van der Waals surface area contributed by atoms with Gasteiger partial charge in [0.15, 0.2) is 0 Å². The van der Waals surface area contributed by atoms with E-state index < -0.39 is 11.0 Å². The summed E-state index contributed by atoms with van der Waals surface area (Å²) in [6.45, 7) is 0.970. The van der Waals surface area contributed by atoms with E-state index in [2.05, 4.69) is 11.4 Å². The first-order chi connectivity index (χ1) is 10.5. The number of carbonyl (C=O) groups excluding carboxylic acids is 2. The number of amides is 2. The number of nitriles is 1. The van der Waals surface area contributed by atoms with E-state index in [1.54, 1.807) is 0 Å². The van der Waals surface area contributed by atoms with Crippen LogP contribution in [0.3, 0.4) is 0 Å². The highest BCUT2D eigenvalue weighted by Gasteiger charge is 2.39. The molecule has 6 heteroatoms. The zero-order valence-corrected chi connectivity index (χ0v) is 13.0. The first kappa shape index (κ1) is 16.8. The molecule has 2 fully saturated rings. The molecule has 0 spiro atoms. The Morgan fingerprint density at radius 3 is 2.32 bits per heavy atom. The smallest absolute Gasteiger partial charge is 0.223 e. The van der Waals surface area contributed by atoms with Gasteiger partial charge in [-0.25, -0.2) is 0 Å². The van der Waals surface area contributed by atoms with Crippen LogP contribution in [0.25, 0.3) is 0 Å². The molecule has 0 aromatic carbocycles. The number of nitrogens with one attached hydrogen (secondary N) is 1. The number of nitrogens with zero attached hydrogens (tertiary/aromatic N) is 1. The van der Waals surface area contributed by atoms with E-state index in [4.69, 9.17) is 10.5 Å². The molecule has 0 radical (unpaired) electrons. The topological polar surface area (TPSA) is 105 Å². The summed E-state index contributed by atoms with van der Waals surface area (Å²) in [5.74, 6) is -0.462. The highest BCUT2D eigenvalue weighted by Crippen LogP contribution is 2.40. The number of hydrogen-bond acceptors (Lipinski definition) is 4. The molecule has 6 nitrogen and oxygen atoms in total. The molecule has 0 unspecified atom stereocenters. The fraction of sp³-hybridized carbons (Fsp3) is 0.812. The highest BCUT2D eigenvalue weighted by molar-refractivity contribution is 5.83. The molecule has 2 aliphatic rings. The van der Waals surface area contributed by atoms with Gasteiger partial charge in [-0.1, -0.05) is 19.3 Å². The molecule has 3 N–H and O–H groups in total. The van der Waals surface area contributed by atoms with Crippen LogP contribution in [0.2, 0.25) is 0 Å². The van der Waals surface area contributed by atoms with Crippen LogP contribution in [0.15, 0.2) is 0 Å². The summed E-state index contributed by atoms with van der Waals surface area (Å²) in [7, 11) is 0. The number of rotatable bonds is 5. The largest absolute Gasteiger partial charge is 0.381 e. The first-order valence-corrected chi connectivity index (χ1v) is 8.12. The molecule has 0 atom stereocenters. The lowest BCUT2D eigenvalue weighted by Crippen LogP contribution is -2.51. The monoisotopic (exact) mass is 307 g/mol. The summed E-state index contributed by atoms with van der Waals surface area (Å²) < 4.78 is 5.25. The zero-order valence-electron chi connectivity index (χ0n) is 13.0. The molecule has 2 amide bonds. The quantitative estimate of drug-likeness (QED) is 0.800. The van der Waals surface area contributed by atoms with Crippen molar-refractivity contribution >= 4 is 11.8 Å². The van der Waals surface area contributed by atoms with Gasteiger partial charge in [0.2, 0.25) is 11.8 Å². The van der Waals surface area contributed by atoms with Crippen molar-refractivity contribution in [2.24, 2.45) is 11.1 Å². The number of carbonyl (C=O) groups is 2. The Labute approximate surface area is 131 Å². The van der Waals surface area contributed by atoms with Gasteiger partial charge >= 0.3 is 0 Å². The predicted molar refractivity (Wildman–Crippen MR) is 80.5 cm³/mol. The predicted octanol–water partition coefficient (Wildman–Crippen LogP) is 1.39. The normalized spacial score (nSPS) is 23.2. The second-order valence-electron chi connectivity index (χ2n) is 6.56. The molecule has 0 bridgehead atoms. The summed E-state index contributed by atoms with van der Waals surface area (Å²) in [6.07, 6.45) is 6.39. The van der Waals surface area contributed by atoms with E-state index in [9.17, 15) is 14.9 Å². The molecule has 1 heterocycles. The average Bonchev–Trinajstić information content (AvgIpc) is 2.54. The van der Waals surface area contributed by atoms with Gasteiger partial charge in [-0.05, 0) is 19.3 Å². The van der Waals surface area contributed by atoms with Crippen LogP contribution in [0.5, 0.6) is 0 Å². The lowest BCUT2D eigenvalue weighted by atomic mass is 9.70. The van der Waals surface area contributed by atoms with Gasteiger partial charge in [0.25, 0.3) is 0 Å². The second-order valence-corrected chi connectivity index (χ2v) is 6.56. The molecule has 2 rings (SSSR count). The van der Waals surface area contributed by atoms with Gasteiger partial charge in [-0.2, -0.15) is 5.26 Å². The first-order valence-electron chi connectivity index (χ1n) is 8.12. The Bertz CT molecular complexity index is 458. The Kier molecular flexibility index (Phi) is 5.41. The van der Waals surface area contributed by atoms with Crippen molar-refractivity contribution < 1.29 is 14.3 Å². The van der Waals surface area contributed by atoms with E-state index in [0.717, 1.165) is 32.1 Å². The van der Waals surface area contributed by atoms with Crippen LogP contribution in [0.1, 0.15) is 57.8 Å². The van der Waals surface area contributed by atoms with E-state index in [0.29, 0.717) is 32.5 Å². The van der Waals surface area contributed by atoms with Gasteiger partial charge in [-0.15, -0.1) is 0 Å². The molecule has 1 aliphatic heterocycles. The molecule has 0 aromatic rings. The van der Waals surface area contributed by atoms with Crippen molar-refractivity contribution in [1.29, 1.82) is 5.26 Å². The molecular weight excluding hydrogens is 282 g/mol. The zero-order chi connectivity index (χ0) is 16.1. The number of ether oxygens (including phenoxy) is 1. The van der Waals surface area contributed by atoms with E-state index in [1.165, 1.54) is 0 Å². The average molecular weight is 307 g/mol. The number of nitrogens with two attached hydrogens (primary N) is 1. The van der Waals surface area contributed by atoms with Gasteiger partial charge in [0, 0.05) is 37.9 Å². The number of primary amides is 1. The summed E-state index contributed by atoms with van der Waals surface area (Å²) in [4.78, 5) is 24.0. The highest BCUT2D eigenvalue weighted by atomic mass is 16.5. The molecule has 0 aromatic heterocycles. The van der Waals surface area contributed by atoms with Crippen molar-refractivity contribution in [3.63, 3.8) is 0 Å². The van der Waals surface area contributed by atoms with E-state index in [-0.39, 0.29) is 18.2 Å². The van der Waals surface area contributed by atoms with Crippen molar-refractivity contribution in [1.82, 2.24) is 5.32 Å². The summed E-state index contributed by atoms with van der Waals surface area (Å²) in [5.41, 5.74) is 4.23. The minimum absolute atomic E-state index is 0.172. The van der Waals surface area contributed by atoms with Crippen LogP contribution in [-0.2, 0) is 14.3 Å². The molecule has 22 heavy (non-hydrogen) atoms. The Morgan fingerprint density at radius 2 is 1.77 bits per heavy atom. The van der Waals surface area contributed by atoms with Gasteiger partial charge in [-0.3, -0.25) is 9.59 Å². The maximum Gasteiger partial charge on any atom is 0.223 e. The lowest BCUT2D eigenvalue weighted by Gasteiger charge is -2.35. The third-order valence-electron chi connectivity index (χ3n) is 5.10. The molecule has 122 valence electrons. The number of hydrogen-bond donors (Lipinski definition) is 2. The molecular formula is C16H25N3O3. The van der Waals surface area contributed by atoms with Gasteiger partial charge in [0.1, 0.15) is 5.54 Å². The third-order valence-corrected chi connectivity index (χ3v) is 5.10. The molecule has 1 saturated carbocycles. The summed E-state index contributed by atoms with van der Waals surface area (Å²) >= 11 is 0. The van der Waals surface area contributed by atoms with Crippen LogP contribution in [0.4, 0.5) is 0 Å². The second kappa shape index (κ2) is 7.10. The van der Waals surface area contributed by atoms with E-state index >= 15 is 0 Å². The van der Waals surface area contributed by atoms with Gasteiger partial charge < -0.3 is 15.8 Å². The van der Waals surface area contributed by atoms with Crippen molar-refractivity contribution in [3.8, 4) is 6.07 Å². The minimum atomic E-state index is -0.818. The maximum atomic E-state index is 12.2. The van der Waals surface area contributed by atoms with Gasteiger partial charge in [0.05, 0.1) is 6.07 Å². The minimum Gasteiger partial charge on any atom is -0.381 e. The summed E-state index contributed by atoms with van der Waals surface area (Å²) in [5, 5.41) is 12.2. The molecule has 1 aliphatic carbocycles. The fourth-order valence-electron chi connectivity index (χ4n) is 3.51. The third kappa shape index (κ3) is 3.77. The van der Waals surface area contributed by atoms with Crippen LogP contribution >= 0.6 is 0 Å². The van der Waals surface area contributed by atoms with Crippen molar-refractivity contribution in [2.75, 3.05) is 13.2 Å². The maximum absolute atomic E-state index is 12.2. The van der Waals surface area contributed by atoms with Crippen LogP contribution in [-0.4, -0.2) is 30.6 Å². The van der Waals surface area contributed by atoms with Crippen LogP contribution in [0, 0.1) is 16.7 Å². The molecule has 1 saturated heterocycles. The Morgan fingerprint density at radius 1 is 1.14 bits per heavy atom. The summed E-state index contributed by atoms with van der Waals surface area (Å²) in [6, 6.07) is 2.21. The Hall–Kier alpha value is -1.61. The lowest BCUT2D eigenvalue weighted by molar-refractivity contribution is -0.131. The SMILES string of the molecule is N#CC1(NC(=O)CCC2(C(N)=O)CCCCC2)CCOCC1. The van der Waals surface area contributed by atoms with Crippen molar-refractivity contribution in [3.05, 3.63) is 0 Å². The standard InChI is InChI=1S/C16H25N3O3/c17-12-16(8-10-22-11-9-16)19-13(20)4-7-15(14(18)21)5-2-1-3-6-15/h1-11H2,(H2,18,21)(H,19,20).